The first-order valence-electron chi connectivity index (χ1n) is 7.20. The van der Waals surface area contributed by atoms with Crippen molar-refractivity contribution < 1.29 is 10.3 Å². The zero-order valence-corrected chi connectivity index (χ0v) is 11.4. The highest BCUT2D eigenvalue weighted by Crippen LogP contribution is 2.33. The Morgan fingerprint density at radius 1 is 1.10 bits per heavy atom. The Morgan fingerprint density at radius 2 is 1.95 bits per heavy atom. The molecule has 0 bridgehead atoms. The summed E-state index contributed by atoms with van der Waals surface area (Å²) in [5.74, 6) is 0.581. The van der Waals surface area contributed by atoms with Crippen molar-refractivity contribution in [2.45, 2.75) is 32.1 Å². The van der Waals surface area contributed by atoms with Crippen LogP contribution >= 0.6 is 0 Å². The summed E-state index contributed by atoms with van der Waals surface area (Å²) in [5, 5.41) is 25.0. The zero-order valence-electron chi connectivity index (χ0n) is 11.4. The molecular weight excluding hydrogens is 250 g/mol. The lowest BCUT2D eigenvalue weighted by Crippen LogP contribution is -2.21. The lowest BCUT2D eigenvalue weighted by Gasteiger charge is -2.23. The van der Waals surface area contributed by atoms with Crippen LogP contribution in [0.25, 0.3) is 10.8 Å². The first-order valence-corrected chi connectivity index (χ1v) is 7.20. The van der Waals surface area contributed by atoms with Crippen LogP contribution in [0, 0.1) is 5.92 Å². The van der Waals surface area contributed by atoms with Gasteiger partial charge in [0, 0.05) is 11.5 Å². The first kappa shape index (κ1) is 13.0. The number of aromatic hydroxyl groups is 1. The lowest BCUT2D eigenvalue weighted by molar-refractivity contribution is 0.308. The molecule has 1 aliphatic carbocycles. The summed E-state index contributed by atoms with van der Waals surface area (Å²) in [7, 11) is 0. The normalized spacial score (nSPS) is 21.4. The monoisotopic (exact) mass is 269 g/mol. The molecule has 1 saturated carbocycles. The number of benzene rings is 2. The molecular formula is C17H19NO2. The van der Waals surface area contributed by atoms with E-state index in [1.165, 1.54) is 0 Å². The molecule has 0 spiro atoms. The van der Waals surface area contributed by atoms with E-state index in [2.05, 4.69) is 11.2 Å². The number of fused-ring (bicyclic) bond motifs is 1. The molecule has 104 valence electrons. The quantitative estimate of drug-likeness (QED) is 0.636. The Balaban J connectivity index is 1.99. The fourth-order valence-electron chi connectivity index (χ4n) is 3.20. The van der Waals surface area contributed by atoms with Gasteiger partial charge in [-0.05, 0) is 42.5 Å². The molecule has 20 heavy (non-hydrogen) atoms. The van der Waals surface area contributed by atoms with E-state index in [9.17, 15) is 5.11 Å². The molecule has 3 rings (SSSR count). The molecule has 0 amide bonds. The smallest absolute Gasteiger partial charge is 0.119 e. The number of hydrogen-bond acceptors (Lipinski definition) is 3. The van der Waals surface area contributed by atoms with Crippen molar-refractivity contribution in [3.05, 3.63) is 42.0 Å². The number of oxime groups is 1. The van der Waals surface area contributed by atoms with Crippen molar-refractivity contribution in [3.8, 4) is 5.75 Å². The van der Waals surface area contributed by atoms with Gasteiger partial charge < -0.3 is 10.3 Å². The molecule has 2 aromatic rings. The van der Waals surface area contributed by atoms with Crippen molar-refractivity contribution in [1.82, 2.24) is 0 Å². The van der Waals surface area contributed by atoms with Gasteiger partial charge in [0.05, 0.1) is 5.71 Å². The minimum atomic E-state index is 0.241. The third-order valence-electron chi connectivity index (χ3n) is 4.30. The van der Waals surface area contributed by atoms with Gasteiger partial charge in [-0.2, -0.15) is 0 Å². The summed E-state index contributed by atoms with van der Waals surface area (Å²) in [6, 6.07) is 11.8. The SMILES string of the molecule is O/N=C1\CCCCC1Cc1c(O)ccc2ccccc12. The average molecular weight is 269 g/mol. The van der Waals surface area contributed by atoms with Crippen molar-refractivity contribution in [2.24, 2.45) is 11.1 Å². The van der Waals surface area contributed by atoms with Crippen molar-refractivity contribution in [1.29, 1.82) is 0 Å². The Morgan fingerprint density at radius 3 is 2.80 bits per heavy atom. The van der Waals surface area contributed by atoms with Gasteiger partial charge in [0.15, 0.2) is 0 Å². The second-order valence-corrected chi connectivity index (χ2v) is 5.52. The van der Waals surface area contributed by atoms with Crippen molar-refractivity contribution >= 4 is 16.5 Å². The summed E-state index contributed by atoms with van der Waals surface area (Å²) in [6.07, 6.45) is 4.90. The summed E-state index contributed by atoms with van der Waals surface area (Å²) >= 11 is 0. The van der Waals surface area contributed by atoms with Crippen LogP contribution in [-0.2, 0) is 6.42 Å². The van der Waals surface area contributed by atoms with Gasteiger partial charge in [-0.1, -0.05) is 41.9 Å². The third-order valence-corrected chi connectivity index (χ3v) is 4.30. The van der Waals surface area contributed by atoms with Crippen LogP contribution < -0.4 is 0 Å². The first-order chi connectivity index (χ1) is 9.79. The van der Waals surface area contributed by atoms with Crippen molar-refractivity contribution in [2.75, 3.05) is 0 Å². The van der Waals surface area contributed by atoms with E-state index in [1.807, 2.05) is 24.3 Å². The van der Waals surface area contributed by atoms with Gasteiger partial charge in [-0.15, -0.1) is 0 Å². The second-order valence-electron chi connectivity index (χ2n) is 5.52. The van der Waals surface area contributed by atoms with E-state index in [0.717, 1.165) is 54.2 Å². The van der Waals surface area contributed by atoms with Crippen LogP contribution in [0.4, 0.5) is 0 Å². The van der Waals surface area contributed by atoms with E-state index in [0.29, 0.717) is 5.75 Å². The van der Waals surface area contributed by atoms with E-state index in [4.69, 9.17) is 5.21 Å². The molecule has 2 N–H and O–H groups in total. The van der Waals surface area contributed by atoms with E-state index >= 15 is 0 Å². The molecule has 2 aromatic carbocycles. The van der Waals surface area contributed by atoms with E-state index < -0.39 is 0 Å². The largest absolute Gasteiger partial charge is 0.508 e. The minimum absolute atomic E-state index is 0.241. The number of rotatable bonds is 2. The maximum absolute atomic E-state index is 10.2. The maximum Gasteiger partial charge on any atom is 0.119 e. The van der Waals surface area contributed by atoms with Gasteiger partial charge >= 0.3 is 0 Å². The Kier molecular flexibility index (Phi) is 3.59. The Bertz CT molecular complexity index is 648. The predicted molar refractivity (Wildman–Crippen MR) is 80.5 cm³/mol. The standard InChI is InChI=1S/C17H19NO2/c19-17-10-9-12-5-1-3-7-14(12)15(17)11-13-6-2-4-8-16(13)18-20/h1,3,5,7,9-10,13,19-20H,2,4,6,8,11H2/b18-16+. The summed E-state index contributed by atoms with van der Waals surface area (Å²) in [5.41, 5.74) is 1.85. The fraction of sp³-hybridized carbons (Fsp3) is 0.353. The van der Waals surface area contributed by atoms with Crippen LogP contribution in [0.15, 0.2) is 41.6 Å². The van der Waals surface area contributed by atoms with Crippen LogP contribution in [0.1, 0.15) is 31.2 Å². The molecule has 0 heterocycles. The highest BCUT2D eigenvalue weighted by molar-refractivity contribution is 5.90. The molecule has 0 radical (unpaired) electrons. The maximum atomic E-state index is 10.2. The summed E-state index contributed by atoms with van der Waals surface area (Å²) < 4.78 is 0. The summed E-state index contributed by atoms with van der Waals surface area (Å²) in [6.45, 7) is 0. The zero-order chi connectivity index (χ0) is 13.9. The molecule has 1 aliphatic rings. The molecule has 0 aliphatic heterocycles. The Hall–Kier alpha value is -2.03. The molecule has 0 saturated heterocycles. The molecule has 1 fully saturated rings. The van der Waals surface area contributed by atoms with E-state index in [-0.39, 0.29) is 5.92 Å². The van der Waals surface area contributed by atoms with Gasteiger partial charge in [0.25, 0.3) is 0 Å². The number of phenolic OH excluding ortho intramolecular Hbond substituents is 1. The van der Waals surface area contributed by atoms with E-state index in [1.54, 1.807) is 6.07 Å². The molecule has 0 aromatic heterocycles. The number of nitrogens with zero attached hydrogens (tertiary/aromatic N) is 1. The lowest BCUT2D eigenvalue weighted by atomic mass is 9.82. The predicted octanol–water partition coefficient (Wildman–Crippen LogP) is 4.11. The highest BCUT2D eigenvalue weighted by Gasteiger charge is 2.23. The molecule has 3 heteroatoms. The number of phenols is 1. The third kappa shape index (κ3) is 2.36. The molecule has 1 atom stereocenters. The van der Waals surface area contributed by atoms with Crippen LogP contribution in [0.2, 0.25) is 0 Å². The van der Waals surface area contributed by atoms with Crippen molar-refractivity contribution in [3.63, 3.8) is 0 Å². The second kappa shape index (κ2) is 5.53. The number of hydrogen-bond donors (Lipinski definition) is 2. The highest BCUT2D eigenvalue weighted by atomic mass is 16.4. The topological polar surface area (TPSA) is 52.8 Å². The molecule has 3 nitrogen and oxygen atoms in total. The van der Waals surface area contributed by atoms with Gasteiger partial charge in [-0.3, -0.25) is 0 Å². The van der Waals surface area contributed by atoms with Gasteiger partial charge in [-0.25, -0.2) is 0 Å². The van der Waals surface area contributed by atoms with Gasteiger partial charge in [0.1, 0.15) is 5.75 Å². The average Bonchev–Trinajstić information content (AvgIpc) is 2.50. The fourth-order valence-corrected chi connectivity index (χ4v) is 3.20. The van der Waals surface area contributed by atoms with Crippen LogP contribution in [-0.4, -0.2) is 16.0 Å². The van der Waals surface area contributed by atoms with Gasteiger partial charge in [0.2, 0.25) is 0 Å². The van der Waals surface area contributed by atoms with Crippen LogP contribution in [0.5, 0.6) is 5.75 Å². The minimum Gasteiger partial charge on any atom is -0.508 e. The van der Waals surface area contributed by atoms with Crippen LogP contribution in [0.3, 0.4) is 0 Å². The Labute approximate surface area is 118 Å². The summed E-state index contributed by atoms with van der Waals surface area (Å²) in [4.78, 5) is 0. The molecule has 1 unspecified atom stereocenters.